The third-order valence-electron chi connectivity index (χ3n) is 2.66. The average molecular weight is 273 g/mol. The lowest BCUT2D eigenvalue weighted by molar-refractivity contribution is 0.0460. The fourth-order valence-electron chi connectivity index (χ4n) is 2.15. The van der Waals surface area contributed by atoms with E-state index in [9.17, 15) is 4.79 Å². The summed E-state index contributed by atoms with van der Waals surface area (Å²) >= 11 is 0. The Morgan fingerprint density at radius 2 is 1.83 bits per heavy atom. The van der Waals surface area contributed by atoms with Crippen LogP contribution < -0.4 is 5.32 Å². The van der Waals surface area contributed by atoms with Gasteiger partial charge in [0.1, 0.15) is 5.60 Å². The molecule has 0 aliphatic heterocycles. The van der Waals surface area contributed by atoms with Gasteiger partial charge in [0.2, 0.25) is 0 Å². The van der Waals surface area contributed by atoms with Gasteiger partial charge in [-0.15, -0.1) is 0 Å². The fraction of sp³-hybridized carbons (Fsp3) is 0.923. The van der Waals surface area contributed by atoms with E-state index >= 15 is 0 Å². The molecule has 0 bridgehead atoms. The normalized spacial score (nSPS) is 25.0. The van der Waals surface area contributed by atoms with Gasteiger partial charge in [-0.05, 0) is 59.7 Å². The van der Waals surface area contributed by atoms with Crippen molar-refractivity contribution < 1.29 is 14.0 Å². The zero-order chi connectivity index (χ0) is 14.0. The molecule has 1 fully saturated rings. The summed E-state index contributed by atoms with van der Waals surface area (Å²) in [5.41, 5.74) is -0.447. The number of carbonyl (C=O) groups excluding carboxylic acids is 1. The van der Waals surface area contributed by atoms with E-state index in [2.05, 4.69) is 25.0 Å². The molecular formula is C13H27NO3Si. The van der Waals surface area contributed by atoms with Crippen molar-refractivity contribution >= 4 is 14.4 Å². The van der Waals surface area contributed by atoms with Crippen LogP contribution >= 0.6 is 0 Å². The number of rotatable bonds is 3. The van der Waals surface area contributed by atoms with E-state index in [-0.39, 0.29) is 18.2 Å². The second kappa shape index (κ2) is 5.61. The lowest BCUT2D eigenvalue weighted by atomic mass is 10.2. The molecule has 0 unspecified atom stereocenters. The first-order valence-corrected chi connectivity index (χ1v) is 10.1. The summed E-state index contributed by atoms with van der Waals surface area (Å²) in [4.78, 5) is 11.7. The summed E-state index contributed by atoms with van der Waals surface area (Å²) in [6, 6.07) is 0.103. The molecule has 1 rings (SSSR count). The summed E-state index contributed by atoms with van der Waals surface area (Å²) < 4.78 is 11.4. The molecule has 0 saturated heterocycles. The van der Waals surface area contributed by atoms with Gasteiger partial charge in [0.25, 0.3) is 0 Å². The van der Waals surface area contributed by atoms with Crippen LogP contribution in [0.3, 0.4) is 0 Å². The van der Waals surface area contributed by atoms with Crippen molar-refractivity contribution in [3.8, 4) is 0 Å². The summed E-state index contributed by atoms with van der Waals surface area (Å²) in [6.07, 6.45) is 2.94. The minimum Gasteiger partial charge on any atom is -0.444 e. The molecule has 1 saturated carbocycles. The molecule has 0 aromatic carbocycles. The zero-order valence-corrected chi connectivity index (χ0v) is 13.5. The van der Waals surface area contributed by atoms with E-state index in [1.54, 1.807) is 0 Å². The number of alkyl carbamates (subject to hydrolysis) is 1. The first-order chi connectivity index (χ1) is 8.07. The molecule has 1 N–H and O–H groups in total. The Bertz CT molecular complexity index is 294. The molecule has 0 aromatic rings. The van der Waals surface area contributed by atoms with Crippen LogP contribution in [0.25, 0.3) is 0 Å². The minimum atomic E-state index is -1.55. The first kappa shape index (κ1) is 15.5. The van der Waals surface area contributed by atoms with Crippen LogP contribution in [0.2, 0.25) is 19.6 Å². The van der Waals surface area contributed by atoms with Crippen LogP contribution in [0.1, 0.15) is 40.0 Å². The SMILES string of the molecule is CC(C)(C)OC(=O)N[C@H]1CCC[C@@H]1O[Si](C)(C)C. The maximum atomic E-state index is 11.7. The Balaban J connectivity index is 2.48. The number of hydrogen-bond donors (Lipinski definition) is 1. The number of nitrogens with one attached hydrogen (secondary N) is 1. The predicted octanol–water partition coefficient (Wildman–Crippen LogP) is 3.28. The molecule has 0 aromatic heterocycles. The van der Waals surface area contributed by atoms with Crippen LogP contribution in [0.5, 0.6) is 0 Å². The van der Waals surface area contributed by atoms with E-state index in [1.165, 1.54) is 0 Å². The molecular weight excluding hydrogens is 246 g/mol. The van der Waals surface area contributed by atoms with Gasteiger partial charge in [0.15, 0.2) is 8.32 Å². The van der Waals surface area contributed by atoms with Crippen molar-refractivity contribution in [1.29, 1.82) is 0 Å². The molecule has 1 amide bonds. The lowest BCUT2D eigenvalue weighted by Crippen LogP contribution is -2.46. The number of ether oxygens (including phenoxy) is 1. The summed E-state index contributed by atoms with van der Waals surface area (Å²) in [5, 5.41) is 2.94. The largest absolute Gasteiger partial charge is 0.444 e. The van der Waals surface area contributed by atoms with Gasteiger partial charge in [-0.25, -0.2) is 4.79 Å². The maximum Gasteiger partial charge on any atom is 0.407 e. The van der Waals surface area contributed by atoms with Crippen molar-refractivity contribution in [3.05, 3.63) is 0 Å². The summed E-state index contributed by atoms with van der Waals surface area (Å²) in [6.45, 7) is 12.1. The van der Waals surface area contributed by atoms with Crippen LogP contribution in [-0.2, 0) is 9.16 Å². The molecule has 1 aliphatic rings. The van der Waals surface area contributed by atoms with Crippen LogP contribution in [0, 0.1) is 0 Å². The van der Waals surface area contributed by atoms with E-state index < -0.39 is 13.9 Å². The molecule has 0 spiro atoms. The highest BCUT2D eigenvalue weighted by Crippen LogP contribution is 2.25. The van der Waals surface area contributed by atoms with E-state index in [4.69, 9.17) is 9.16 Å². The molecule has 0 heterocycles. The number of hydrogen-bond acceptors (Lipinski definition) is 3. The van der Waals surface area contributed by atoms with Crippen molar-refractivity contribution in [1.82, 2.24) is 5.32 Å². The Morgan fingerprint density at radius 1 is 1.22 bits per heavy atom. The smallest absolute Gasteiger partial charge is 0.407 e. The number of amides is 1. The van der Waals surface area contributed by atoms with Crippen molar-refractivity contribution in [2.24, 2.45) is 0 Å². The second-order valence-corrected chi connectivity index (χ2v) is 11.4. The standard InChI is InChI=1S/C13H27NO3Si/c1-13(2,3)16-12(15)14-10-8-7-9-11(10)17-18(4,5)6/h10-11H,7-9H2,1-6H3,(H,14,15)/t10-,11-/m0/s1. The van der Waals surface area contributed by atoms with Gasteiger partial charge in [-0.2, -0.15) is 0 Å². The van der Waals surface area contributed by atoms with E-state index in [1.807, 2.05) is 20.8 Å². The highest BCUT2D eigenvalue weighted by atomic mass is 28.4. The predicted molar refractivity (Wildman–Crippen MR) is 75.2 cm³/mol. The van der Waals surface area contributed by atoms with Crippen LogP contribution in [0.4, 0.5) is 4.79 Å². The van der Waals surface area contributed by atoms with Crippen molar-refractivity contribution in [3.63, 3.8) is 0 Å². The third kappa shape index (κ3) is 5.86. The Labute approximate surface area is 112 Å². The van der Waals surface area contributed by atoms with Gasteiger partial charge in [-0.1, -0.05) is 0 Å². The van der Waals surface area contributed by atoms with Gasteiger partial charge in [-0.3, -0.25) is 0 Å². The third-order valence-corrected chi connectivity index (χ3v) is 3.67. The molecule has 0 radical (unpaired) electrons. The van der Waals surface area contributed by atoms with Gasteiger partial charge in [0.05, 0.1) is 12.1 Å². The monoisotopic (exact) mass is 273 g/mol. The fourth-order valence-corrected chi connectivity index (χ4v) is 3.34. The van der Waals surface area contributed by atoms with Crippen LogP contribution in [0.15, 0.2) is 0 Å². The Hall–Kier alpha value is -0.553. The van der Waals surface area contributed by atoms with E-state index in [0.29, 0.717) is 0 Å². The minimum absolute atomic E-state index is 0.103. The highest BCUT2D eigenvalue weighted by Gasteiger charge is 2.33. The van der Waals surface area contributed by atoms with Crippen molar-refractivity contribution in [2.45, 2.75) is 77.4 Å². The summed E-state index contributed by atoms with van der Waals surface area (Å²) in [5.74, 6) is 0. The maximum absolute atomic E-state index is 11.7. The Morgan fingerprint density at radius 3 is 2.33 bits per heavy atom. The second-order valence-electron chi connectivity index (χ2n) is 6.95. The topological polar surface area (TPSA) is 47.6 Å². The molecule has 4 nitrogen and oxygen atoms in total. The zero-order valence-electron chi connectivity index (χ0n) is 12.5. The summed E-state index contributed by atoms with van der Waals surface area (Å²) in [7, 11) is -1.55. The molecule has 2 atom stereocenters. The molecule has 106 valence electrons. The molecule has 18 heavy (non-hydrogen) atoms. The van der Waals surface area contributed by atoms with Gasteiger partial charge < -0.3 is 14.5 Å². The van der Waals surface area contributed by atoms with Gasteiger partial charge >= 0.3 is 6.09 Å². The number of carbonyl (C=O) groups is 1. The quantitative estimate of drug-likeness (QED) is 0.803. The lowest BCUT2D eigenvalue weighted by Gasteiger charge is -2.29. The highest BCUT2D eigenvalue weighted by molar-refractivity contribution is 6.69. The van der Waals surface area contributed by atoms with E-state index in [0.717, 1.165) is 19.3 Å². The molecule has 1 aliphatic carbocycles. The first-order valence-electron chi connectivity index (χ1n) is 6.74. The Kier molecular flexibility index (Phi) is 4.83. The molecule has 5 heteroatoms. The van der Waals surface area contributed by atoms with Crippen LogP contribution in [-0.4, -0.2) is 32.2 Å². The van der Waals surface area contributed by atoms with Crippen molar-refractivity contribution in [2.75, 3.05) is 0 Å². The average Bonchev–Trinajstić information content (AvgIpc) is 2.45. The van der Waals surface area contributed by atoms with Gasteiger partial charge in [0, 0.05) is 0 Å².